The van der Waals surface area contributed by atoms with Gasteiger partial charge < -0.3 is 9.47 Å². The van der Waals surface area contributed by atoms with E-state index in [2.05, 4.69) is 47.4 Å². The van der Waals surface area contributed by atoms with E-state index in [1.165, 1.54) is 0 Å². The molecule has 4 rings (SSSR count). The lowest BCUT2D eigenvalue weighted by Crippen LogP contribution is -1.96. The van der Waals surface area contributed by atoms with Gasteiger partial charge in [0.1, 0.15) is 24.7 Å². The summed E-state index contributed by atoms with van der Waals surface area (Å²) in [4.78, 5) is 9.05. The van der Waals surface area contributed by atoms with Crippen molar-refractivity contribution in [2.24, 2.45) is 9.98 Å². The van der Waals surface area contributed by atoms with Gasteiger partial charge in [-0.15, -0.1) is 0 Å². The highest BCUT2D eigenvalue weighted by molar-refractivity contribution is 5.80. The average molecular weight is 515 g/mol. The average Bonchev–Trinajstić information content (AvgIpc) is 3.00. The Bertz CT molecular complexity index is 1260. The maximum absolute atomic E-state index is 5.88. The lowest BCUT2D eigenvalue weighted by molar-refractivity contribution is 0.306. The van der Waals surface area contributed by atoms with Gasteiger partial charge in [0.05, 0.1) is 0 Å². The topological polar surface area (TPSA) is 43.2 Å². The molecule has 196 valence electrons. The van der Waals surface area contributed by atoms with Crippen LogP contribution in [0.15, 0.2) is 120 Å². The van der Waals surface area contributed by atoms with Gasteiger partial charge in [-0.05, 0) is 88.3 Å². The molecule has 39 heavy (non-hydrogen) atoms. The Balaban J connectivity index is 1.11. The first-order valence-corrected chi connectivity index (χ1v) is 13.1. The molecule has 0 saturated heterocycles. The quantitative estimate of drug-likeness (QED) is 0.126. The Morgan fingerprint density at radius 1 is 0.487 bits per heavy atom. The highest BCUT2D eigenvalue weighted by Gasteiger charge is 1.98. The first-order valence-electron chi connectivity index (χ1n) is 13.1. The number of aliphatic imine (C=N–C) groups is 2. The third kappa shape index (κ3) is 9.28. The highest BCUT2D eigenvalue weighted by Crippen LogP contribution is 2.16. The van der Waals surface area contributed by atoms with Gasteiger partial charge >= 0.3 is 0 Å². The van der Waals surface area contributed by atoms with E-state index in [9.17, 15) is 0 Å². The molecule has 4 heteroatoms. The van der Waals surface area contributed by atoms with Gasteiger partial charge in [-0.2, -0.15) is 0 Å². The second-order valence-corrected chi connectivity index (χ2v) is 9.03. The minimum atomic E-state index is 0.537. The van der Waals surface area contributed by atoms with E-state index >= 15 is 0 Å². The summed E-state index contributed by atoms with van der Waals surface area (Å²) >= 11 is 0. The molecular weight excluding hydrogens is 480 g/mol. The van der Waals surface area contributed by atoms with E-state index in [1.54, 1.807) is 0 Å². The number of hydrogen-bond donors (Lipinski definition) is 0. The van der Waals surface area contributed by atoms with Crippen LogP contribution in [-0.2, 0) is 13.2 Å². The van der Waals surface area contributed by atoms with Gasteiger partial charge in [0.2, 0.25) is 0 Å². The monoisotopic (exact) mass is 514 g/mol. The predicted octanol–water partition coefficient (Wildman–Crippen LogP) is 8.06. The molecule has 0 saturated carbocycles. The van der Waals surface area contributed by atoms with Crippen LogP contribution in [0.1, 0.15) is 39.8 Å². The summed E-state index contributed by atoms with van der Waals surface area (Å²) in [5, 5.41) is 0. The Hall–Kier alpha value is -4.70. The van der Waals surface area contributed by atoms with Crippen LogP contribution in [0.5, 0.6) is 11.5 Å². The molecule has 0 aliphatic heterocycles. The predicted molar refractivity (Wildman–Crippen MR) is 164 cm³/mol. The molecule has 4 nitrogen and oxygen atoms in total. The molecular formula is C35H34N2O2. The second kappa shape index (κ2) is 14.9. The largest absolute Gasteiger partial charge is 0.489 e. The Labute approximate surface area is 231 Å². The van der Waals surface area contributed by atoms with Gasteiger partial charge in [0, 0.05) is 25.5 Å². The molecule has 0 heterocycles. The molecule has 0 aromatic heterocycles. The van der Waals surface area contributed by atoms with Gasteiger partial charge in [0.15, 0.2) is 0 Å². The lowest BCUT2D eigenvalue weighted by atomic mass is 10.1. The number of rotatable bonds is 14. The van der Waals surface area contributed by atoms with Crippen molar-refractivity contribution >= 4 is 24.6 Å². The van der Waals surface area contributed by atoms with Crippen molar-refractivity contribution in [3.05, 3.63) is 144 Å². The van der Waals surface area contributed by atoms with Crippen molar-refractivity contribution in [2.45, 2.75) is 19.6 Å². The van der Waals surface area contributed by atoms with Crippen molar-refractivity contribution in [1.82, 2.24) is 0 Å². The molecule has 0 spiro atoms. The standard InChI is InChI=1S/C35H34N2O2/c1-3-28-6-10-32(11-7-28)26-38-34-18-14-30(15-19-34)24-36-22-5-23-37-25-31-16-20-35(21-17-31)39-27-33-12-8-29(4-2)9-13-33/h3-4,6-21,24-25H,1-2,5,22-23,26-27H2. The van der Waals surface area contributed by atoms with E-state index in [4.69, 9.17) is 9.47 Å². The fourth-order valence-corrected chi connectivity index (χ4v) is 3.73. The molecule has 0 fully saturated rings. The summed E-state index contributed by atoms with van der Waals surface area (Å²) in [5.74, 6) is 1.68. The summed E-state index contributed by atoms with van der Waals surface area (Å²) in [6, 6.07) is 32.3. The lowest BCUT2D eigenvalue weighted by Gasteiger charge is -2.07. The Morgan fingerprint density at radius 2 is 0.846 bits per heavy atom. The maximum atomic E-state index is 5.88. The van der Waals surface area contributed by atoms with Crippen LogP contribution in [0.3, 0.4) is 0 Å². The van der Waals surface area contributed by atoms with Crippen LogP contribution in [0.2, 0.25) is 0 Å². The first-order chi connectivity index (χ1) is 19.2. The smallest absolute Gasteiger partial charge is 0.119 e. The summed E-state index contributed by atoms with van der Waals surface area (Å²) in [5.41, 5.74) is 6.57. The fraction of sp³-hybridized carbons (Fsp3) is 0.143. The SMILES string of the molecule is C=Cc1ccc(COc2ccc(C=NCCCN=Cc3ccc(OCc4ccc(C=C)cc4)cc3)cc2)cc1. The summed E-state index contributed by atoms with van der Waals surface area (Å²) in [6.07, 6.45) is 8.36. The zero-order chi connectivity index (χ0) is 27.1. The van der Waals surface area contributed by atoms with Gasteiger partial charge in [-0.3, -0.25) is 9.98 Å². The Kier molecular flexibility index (Phi) is 10.4. The van der Waals surface area contributed by atoms with Crippen molar-refractivity contribution in [3.8, 4) is 11.5 Å². The molecule has 0 bridgehead atoms. The van der Waals surface area contributed by atoms with Crippen molar-refractivity contribution < 1.29 is 9.47 Å². The molecule has 0 N–H and O–H groups in total. The van der Waals surface area contributed by atoms with E-state index < -0.39 is 0 Å². The first kappa shape index (κ1) is 27.3. The number of nitrogens with zero attached hydrogens (tertiary/aromatic N) is 2. The molecule has 4 aromatic carbocycles. The van der Waals surface area contributed by atoms with Crippen molar-refractivity contribution in [2.75, 3.05) is 13.1 Å². The number of ether oxygens (including phenoxy) is 2. The molecule has 0 atom stereocenters. The van der Waals surface area contributed by atoms with Crippen LogP contribution in [0.4, 0.5) is 0 Å². The van der Waals surface area contributed by atoms with Crippen molar-refractivity contribution in [3.63, 3.8) is 0 Å². The zero-order valence-electron chi connectivity index (χ0n) is 22.2. The summed E-state index contributed by atoms with van der Waals surface area (Å²) in [6.45, 7) is 10.1. The highest BCUT2D eigenvalue weighted by atomic mass is 16.5. The van der Waals surface area contributed by atoms with Crippen LogP contribution in [0.25, 0.3) is 12.2 Å². The van der Waals surface area contributed by atoms with Crippen LogP contribution in [-0.4, -0.2) is 25.5 Å². The van der Waals surface area contributed by atoms with Crippen LogP contribution in [0, 0.1) is 0 Å². The Morgan fingerprint density at radius 3 is 1.21 bits per heavy atom. The van der Waals surface area contributed by atoms with Gasteiger partial charge in [-0.1, -0.05) is 73.8 Å². The van der Waals surface area contributed by atoms with Crippen molar-refractivity contribution in [1.29, 1.82) is 0 Å². The number of hydrogen-bond acceptors (Lipinski definition) is 4. The third-order valence-electron chi connectivity index (χ3n) is 6.06. The fourth-order valence-electron chi connectivity index (χ4n) is 3.73. The van der Waals surface area contributed by atoms with E-state index in [1.807, 2.05) is 97.4 Å². The van der Waals surface area contributed by atoms with E-state index in [0.29, 0.717) is 13.2 Å². The summed E-state index contributed by atoms with van der Waals surface area (Å²) in [7, 11) is 0. The van der Waals surface area contributed by atoms with Crippen LogP contribution >= 0.6 is 0 Å². The van der Waals surface area contributed by atoms with E-state index in [0.717, 1.165) is 64.4 Å². The minimum absolute atomic E-state index is 0.537. The summed E-state index contributed by atoms with van der Waals surface area (Å²) < 4.78 is 11.8. The molecule has 0 unspecified atom stereocenters. The van der Waals surface area contributed by atoms with Crippen LogP contribution < -0.4 is 9.47 Å². The number of benzene rings is 4. The van der Waals surface area contributed by atoms with Gasteiger partial charge in [0.25, 0.3) is 0 Å². The maximum Gasteiger partial charge on any atom is 0.119 e. The second-order valence-electron chi connectivity index (χ2n) is 9.03. The molecule has 0 aliphatic rings. The van der Waals surface area contributed by atoms with Gasteiger partial charge in [-0.25, -0.2) is 0 Å². The third-order valence-corrected chi connectivity index (χ3v) is 6.06. The molecule has 4 aromatic rings. The normalized spacial score (nSPS) is 11.1. The zero-order valence-corrected chi connectivity index (χ0v) is 22.2. The van der Waals surface area contributed by atoms with E-state index in [-0.39, 0.29) is 0 Å². The minimum Gasteiger partial charge on any atom is -0.489 e. The molecule has 0 radical (unpaired) electrons. The molecule has 0 amide bonds. The molecule has 0 aliphatic carbocycles.